The van der Waals surface area contributed by atoms with Gasteiger partial charge in [-0.3, -0.25) is 18.9 Å². The Bertz CT molecular complexity index is 667. The number of hydrogen-bond acceptors (Lipinski definition) is 5. The van der Waals surface area contributed by atoms with Crippen molar-refractivity contribution in [1.82, 2.24) is 9.55 Å². The first-order chi connectivity index (χ1) is 9.21. The Kier molecular flexibility index (Phi) is 5.05. The molecule has 1 aromatic rings. The van der Waals surface area contributed by atoms with E-state index < -0.39 is 37.4 Å². The van der Waals surface area contributed by atoms with Crippen molar-refractivity contribution >= 4 is 7.60 Å². The van der Waals surface area contributed by atoms with Gasteiger partial charge in [0.1, 0.15) is 0 Å². The summed E-state index contributed by atoms with van der Waals surface area (Å²) in [5.74, 6) is 2.06. The summed E-state index contributed by atoms with van der Waals surface area (Å²) in [6, 6.07) is 1.06. The lowest BCUT2D eigenvalue weighted by Crippen LogP contribution is -2.44. The number of aliphatic hydroxyl groups excluding tert-OH is 1. The second-order valence-corrected chi connectivity index (χ2v) is 5.56. The van der Waals surface area contributed by atoms with Crippen LogP contribution in [-0.2, 0) is 15.8 Å². The van der Waals surface area contributed by atoms with Gasteiger partial charge in [-0.2, -0.15) is 0 Å². The molecule has 0 aliphatic carbocycles. The van der Waals surface area contributed by atoms with Crippen molar-refractivity contribution in [1.29, 1.82) is 0 Å². The van der Waals surface area contributed by atoms with Gasteiger partial charge in [-0.1, -0.05) is 5.92 Å². The Morgan fingerprint density at radius 3 is 2.60 bits per heavy atom. The van der Waals surface area contributed by atoms with Crippen molar-refractivity contribution in [2.45, 2.75) is 12.1 Å². The number of rotatable bonds is 6. The molecule has 0 aliphatic rings. The highest BCUT2D eigenvalue weighted by atomic mass is 31.2. The lowest BCUT2D eigenvalue weighted by molar-refractivity contribution is -0.0340. The van der Waals surface area contributed by atoms with Crippen LogP contribution in [0.15, 0.2) is 21.9 Å². The van der Waals surface area contributed by atoms with Crippen molar-refractivity contribution in [2.24, 2.45) is 0 Å². The average Bonchev–Trinajstić information content (AvgIpc) is 2.36. The Balaban J connectivity index is 3.03. The Morgan fingerprint density at radius 1 is 1.50 bits per heavy atom. The van der Waals surface area contributed by atoms with Crippen LogP contribution in [0.5, 0.6) is 0 Å². The smallest absolute Gasteiger partial charge is 0.351 e. The molecule has 10 heteroatoms. The zero-order valence-electron chi connectivity index (χ0n) is 10.2. The molecule has 0 aromatic carbocycles. The molecule has 1 heterocycles. The van der Waals surface area contributed by atoms with Crippen LogP contribution in [0.1, 0.15) is 0 Å². The third-order valence-corrected chi connectivity index (χ3v) is 2.82. The second kappa shape index (κ2) is 6.17. The van der Waals surface area contributed by atoms with Gasteiger partial charge in [0.05, 0.1) is 13.2 Å². The van der Waals surface area contributed by atoms with Crippen molar-refractivity contribution in [2.75, 3.05) is 13.0 Å². The van der Waals surface area contributed by atoms with Gasteiger partial charge in [0, 0.05) is 12.3 Å². The molecule has 110 valence electrons. The number of H-pyrrole nitrogens is 1. The van der Waals surface area contributed by atoms with E-state index in [1.165, 1.54) is 0 Å². The highest BCUT2D eigenvalue weighted by molar-refractivity contribution is 7.51. The summed E-state index contributed by atoms with van der Waals surface area (Å²) in [6.45, 7) is -1.15. The van der Waals surface area contributed by atoms with E-state index in [0.717, 1.165) is 16.8 Å². The van der Waals surface area contributed by atoms with Crippen LogP contribution >= 0.6 is 7.60 Å². The van der Waals surface area contributed by atoms with E-state index in [9.17, 15) is 19.3 Å². The normalized spacial score (nSPS) is 14.5. The maximum absolute atomic E-state index is 11.5. The first-order valence-electron chi connectivity index (χ1n) is 5.28. The summed E-state index contributed by atoms with van der Waals surface area (Å²) in [4.78, 5) is 41.9. The summed E-state index contributed by atoms with van der Waals surface area (Å²) < 4.78 is 16.6. The fourth-order valence-electron chi connectivity index (χ4n) is 1.33. The average molecular weight is 304 g/mol. The summed E-state index contributed by atoms with van der Waals surface area (Å²) in [5.41, 5.74) is -3.19. The fraction of sp³-hybridized carbons (Fsp3) is 0.400. The maximum atomic E-state index is 11.5. The third-order valence-electron chi connectivity index (χ3n) is 2.35. The number of terminal acetylenes is 1. The van der Waals surface area contributed by atoms with Crippen molar-refractivity contribution in [3.05, 3.63) is 33.1 Å². The van der Waals surface area contributed by atoms with Crippen LogP contribution in [0.3, 0.4) is 0 Å². The maximum Gasteiger partial charge on any atom is 0.351 e. The monoisotopic (exact) mass is 304 g/mol. The zero-order chi connectivity index (χ0) is 15.4. The van der Waals surface area contributed by atoms with E-state index >= 15 is 0 Å². The molecule has 1 aromatic heterocycles. The molecule has 1 unspecified atom stereocenters. The minimum Gasteiger partial charge on any atom is -0.392 e. The molecule has 0 amide bonds. The van der Waals surface area contributed by atoms with Gasteiger partial charge in [0.15, 0.2) is 11.9 Å². The Labute approximate surface area is 113 Å². The van der Waals surface area contributed by atoms with Crippen molar-refractivity contribution < 1.29 is 24.2 Å². The highest BCUT2D eigenvalue weighted by Crippen LogP contribution is 2.35. The van der Waals surface area contributed by atoms with Crippen molar-refractivity contribution in [3.8, 4) is 12.3 Å². The lowest BCUT2D eigenvalue weighted by Gasteiger charge is -2.27. The molecule has 0 saturated heterocycles. The lowest BCUT2D eigenvalue weighted by atomic mass is 10.1. The van der Waals surface area contributed by atoms with Crippen LogP contribution in [0.2, 0.25) is 0 Å². The Morgan fingerprint density at radius 2 is 2.15 bits per heavy atom. The molecule has 1 rings (SSSR count). The molecule has 1 atom stereocenters. The van der Waals surface area contributed by atoms with Gasteiger partial charge in [-0.05, 0) is 0 Å². The summed E-state index contributed by atoms with van der Waals surface area (Å²) in [6.07, 6.45) is 5.32. The van der Waals surface area contributed by atoms with E-state index in [1.54, 1.807) is 0 Å². The topological polar surface area (TPSA) is 142 Å². The van der Waals surface area contributed by atoms with Crippen LogP contribution in [0, 0.1) is 12.3 Å². The van der Waals surface area contributed by atoms with Crippen LogP contribution in [0.25, 0.3) is 0 Å². The summed E-state index contributed by atoms with van der Waals surface area (Å²) in [5, 5.41) is 9.27. The quantitative estimate of drug-likeness (QED) is 0.353. The standard InChI is InChI=1S/C10H13N2O7P/c1-2-10(6-13,19-7-20(16,17)18)5-12-4-3-8(14)11-9(12)15/h1,3-4,13H,5-7H2,(H,11,14,15)(H2,16,17,18). The number of aliphatic hydroxyl groups is 1. The minimum absolute atomic E-state index is 0.379. The molecular formula is C10H13N2O7P. The third kappa shape index (κ3) is 4.45. The largest absolute Gasteiger partial charge is 0.392 e. The second-order valence-electron chi connectivity index (χ2n) is 3.97. The van der Waals surface area contributed by atoms with Crippen LogP contribution in [-0.4, -0.2) is 43.0 Å². The van der Waals surface area contributed by atoms with Gasteiger partial charge < -0.3 is 19.6 Å². The molecule has 0 saturated carbocycles. The SMILES string of the molecule is C#CC(CO)(Cn1ccc(=O)[nH]c1=O)OCP(=O)(O)O. The molecule has 0 aliphatic heterocycles. The molecule has 0 bridgehead atoms. The molecule has 0 spiro atoms. The van der Waals surface area contributed by atoms with E-state index in [1.807, 2.05) is 4.98 Å². The van der Waals surface area contributed by atoms with Crippen LogP contribution < -0.4 is 11.2 Å². The van der Waals surface area contributed by atoms with Gasteiger partial charge in [-0.25, -0.2) is 4.79 Å². The molecule has 0 fully saturated rings. The molecular weight excluding hydrogens is 291 g/mol. The number of nitrogens with one attached hydrogen (secondary N) is 1. The minimum atomic E-state index is -4.49. The van der Waals surface area contributed by atoms with E-state index in [-0.39, 0.29) is 6.54 Å². The first-order valence-corrected chi connectivity index (χ1v) is 7.08. The Hall–Kier alpha value is -1.69. The van der Waals surface area contributed by atoms with Gasteiger partial charge >= 0.3 is 13.3 Å². The van der Waals surface area contributed by atoms with E-state index in [4.69, 9.17) is 20.9 Å². The van der Waals surface area contributed by atoms with Gasteiger partial charge in [-0.15, -0.1) is 6.42 Å². The fourth-order valence-corrected chi connectivity index (χ4v) is 1.74. The summed E-state index contributed by atoms with van der Waals surface area (Å²) >= 11 is 0. The predicted molar refractivity (Wildman–Crippen MR) is 68.0 cm³/mol. The van der Waals surface area contributed by atoms with E-state index in [0.29, 0.717) is 0 Å². The van der Waals surface area contributed by atoms with Crippen LogP contribution in [0.4, 0.5) is 0 Å². The first kappa shape index (κ1) is 16.4. The van der Waals surface area contributed by atoms with Crippen molar-refractivity contribution in [3.63, 3.8) is 0 Å². The highest BCUT2D eigenvalue weighted by Gasteiger charge is 2.32. The zero-order valence-corrected chi connectivity index (χ0v) is 11.1. The number of nitrogens with zero attached hydrogens (tertiary/aromatic N) is 1. The molecule has 4 N–H and O–H groups in total. The number of hydrogen-bond donors (Lipinski definition) is 4. The van der Waals surface area contributed by atoms with Gasteiger partial charge in [0.25, 0.3) is 5.56 Å². The predicted octanol–water partition coefficient (Wildman–Crippen LogP) is -1.95. The van der Waals surface area contributed by atoms with E-state index in [2.05, 4.69) is 5.92 Å². The molecule has 20 heavy (non-hydrogen) atoms. The number of aromatic nitrogens is 2. The van der Waals surface area contributed by atoms with Gasteiger partial charge in [0.2, 0.25) is 0 Å². The molecule has 9 nitrogen and oxygen atoms in total. The number of aromatic amines is 1. The number of ether oxygens (including phenoxy) is 1. The molecule has 0 radical (unpaired) electrons. The summed E-state index contributed by atoms with van der Waals surface area (Å²) in [7, 11) is -4.49.